The van der Waals surface area contributed by atoms with Crippen molar-refractivity contribution in [1.29, 1.82) is 0 Å². The summed E-state index contributed by atoms with van der Waals surface area (Å²) in [5, 5.41) is 0. The Hall–Kier alpha value is -0.370. The fraction of sp³-hybridized carbons (Fsp3) is 0.929. The highest BCUT2D eigenvalue weighted by molar-refractivity contribution is 5.78. The van der Waals surface area contributed by atoms with Gasteiger partial charge in [-0.25, -0.2) is 0 Å². The quantitative estimate of drug-likeness (QED) is 0.739. The van der Waals surface area contributed by atoms with E-state index in [-0.39, 0.29) is 0 Å². The fourth-order valence-corrected chi connectivity index (χ4v) is 4.97. The van der Waals surface area contributed by atoms with Crippen LogP contribution in [0.1, 0.15) is 51.9 Å². The smallest absolute Gasteiger partial charge is 0.132 e. The number of hydrogen-bond donors (Lipinski definition) is 1. The first-order valence-corrected chi connectivity index (χ1v) is 6.89. The van der Waals surface area contributed by atoms with Gasteiger partial charge in [-0.15, -0.1) is 0 Å². The molecule has 3 fully saturated rings. The molecule has 1 unspecified atom stereocenters. The Bertz CT molecular complexity index is 310. The maximum atomic E-state index is 11.6. The van der Waals surface area contributed by atoms with E-state index in [4.69, 9.17) is 5.73 Å². The number of rotatable bonds is 1. The van der Waals surface area contributed by atoms with Crippen LogP contribution in [0.2, 0.25) is 0 Å². The van der Waals surface area contributed by atoms with Gasteiger partial charge in [0.2, 0.25) is 0 Å². The molecule has 2 N–H and O–H groups in total. The molecule has 2 bridgehead atoms. The summed E-state index contributed by atoms with van der Waals surface area (Å²) < 4.78 is 0. The molecule has 16 heavy (non-hydrogen) atoms. The Morgan fingerprint density at radius 1 is 1.31 bits per heavy atom. The minimum atomic E-state index is 0.319. The van der Waals surface area contributed by atoms with Crippen molar-refractivity contribution < 1.29 is 4.79 Å². The van der Waals surface area contributed by atoms with E-state index in [2.05, 4.69) is 0 Å². The Balaban J connectivity index is 1.85. The summed E-state index contributed by atoms with van der Waals surface area (Å²) in [7, 11) is 0. The van der Waals surface area contributed by atoms with Gasteiger partial charge in [-0.3, -0.25) is 4.79 Å². The molecule has 0 saturated heterocycles. The highest BCUT2D eigenvalue weighted by atomic mass is 16.1. The standard InChI is InChI=1S/C14H23NO/c1-9(16)11-3-2-6-14(8-11)12-5-4-10(7-12)13(14)15/h10-13H,2-8,15H2,1H3/t10-,11-,12?,13-,14+/m1/s1. The first kappa shape index (κ1) is 10.8. The average Bonchev–Trinajstić information content (AvgIpc) is 2.84. The van der Waals surface area contributed by atoms with E-state index in [0.29, 0.717) is 23.2 Å². The molecule has 2 heteroatoms. The summed E-state index contributed by atoms with van der Waals surface area (Å²) in [6, 6.07) is 0.397. The van der Waals surface area contributed by atoms with E-state index < -0.39 is 0 Å². The van der Waals surface area contributed by atoms with Crippen molar-refractivity contribution >= 4 is 5.78 Å². The van der Waals surface area contributed by atoms with Gasteiger partial charge in [0.25, 0.3) is 0 Å². The molecule has 3 saturated carbocycles. The third-order valence-corrected chi connectivity index (χ3v) is 5.85. The van der Waals surface area contributed by atoms with Crippen molar-refractivity contribution in [2.24, 2.45) is 28.9 Å². The number of nitrogens with two attached hydrogens (primary N) is 1. The minimum Gasteiger partial charge on any atom is -0.327 e. The molecule has 3 aliphatic rings. The molecule has 0 aromatic carbocycles. The molecule has 90 valence electrons. The predicted molar refractivity (Wildman–Crippen MR) is 63.9 cm³/mol. The van der Waals surface area contributed by atoms with E-state index in [1.807, 2.05) is 0 Å². The molecule has 0 amide bonds. The zero-order valence-electron chi connectivity index (χ0n) is 10.2. The SMILES string of the molecule is CC(=O)[C@@H]1CCC[C@]2(C1)C1CC[C@H](C1)[C@H]2N. The summed E-state index contributed by atoms with van der Waals surface area (Å²) >= 11 is 0. The molecule has 2 nitrogen and oxygen atoms in total. The summed E-state index contributed by atoms with van der Waals surface area (Å²) in [6.45, 7) is 1.77. The number of carbonyl (C=O) groups excluding carboxylic acids is 1. The van der Waals surface area contributed by atoms with Gasteiger partial charge in [-0.05, 0) is 62.7 Å². The van der Waals surface area contributed by atoms with Gasteiger partial charge in [-0.2, -0.15) is 0 Å². The van der Waals surface area contributed by atoms with Crippen LogP contribution in [0.25, 0.3) is 0 Å². The predicted octanol–water partition coefficient (Wildman–Crippen LogP) is 2.51. The van der Waals surface area contributed by atoms with Gasteiger partial charge in [0, 0.05) is 12.0 Å². The van der Waals surface area contributed by atoms with E-state index in [1.165, 1.54) is 32.1 Å². The number of hydrogen-bond acceptors (Lipinski definition) is 2. The molecule has 1 spiro atoms. The summed E-state index contributed by atoms with van der Waals surface area (Å²) in [5.41, 5.74) is 6.84. The maximum absolute atomic E-state index is 11.6. The Morgan fingerprint density at radius 3 is 2.75 bits per heavy atom. The van der Waals surface area contributed by atoms with Crippen LogP contribution in [0.15, 0.2) is 0 Å². The lowest BCUT2D eigenvalue weighted by Crippen LogP contribution is -2.49. The van der Waals surface area contributed by atoms with Gasteiger partial charge < -0.3 is 5.73 Å². The lowest BCUT2D eigenvalue weighted by atomic mass is 9.59. The lowest BCUT2D eigenvalue weighted by molar-refractivity contribution is -0.124. The molecule has 0 aliphatic heterocycles. The van der Waals surface area contributed by atoms with Gasteiger partial charge in [0.15, 0.2) is 0 Å². The summed E-state index contributed by atoms with van der Waals surface area (Å²) in [5.74, 6) is 2.33. The van der Waals surface area contributed by atoms with Crippen molar-refractivity contribution in [2.75, 3.05) is 0 Å². The second-order valence-corrected chi connectivity index (χ2v) is 6.43. The van der Waals surface area contributed by atoms with Crippen LogP contribution in [0, 0.1) is 23.2 Å². The van der Waals surface area contributed by atoms with Crippen molar-refractivity contribution in [3.63, 3.8) is 0 Å². The molecule has 3 rings (SSSR count). The van der Waals surface area contributed by atoms with Crippen molar-refractivity contribution in [3.05, 3.63) is 0 Å². The summed E-state index contributed by atoms with van der Waals surface area (Å²) in [6.07, 6.45) is 8.80. The second kappa shape index (κ2) is 3.56. The van der Waals surface area contributed by atoms with E-state index >= 15 is 0 Å². The molecule has 3 aliphatic carbocycles. The molecule has 0 radical (unpaired) electrons. The topological polar surface area (TPSA) is 43.1 Å². The van der Waals surface area contributed by atoms with Crippen LogP contribution in [0.4, 0.5) is 0 Å². The normalized spacial score (nSPS) is 51.1. The Labute approximate surface area is 98.0 Å². The molecule has 5 atom stereocenters. The van der Waals surface area contributed by atoms with Crippen LogP contribution in [-0.4, -0.2) is 11.8 Å². The largest absolute Gasteiger partial charge is 0.327 e. The lowest BCUT2D eigenvalue weighted by Gasteiger charge is -2.47. The monoisotopic (exact) mass is 221 g/mol. The van der Waals surface area contributed by atoms with Gasteiger partial charge in [-0.1, -0.05) is 6.42 Å². The van der Waals surface area contributed by atoms with Crippen LogP contribution in [-0.2, 0) is 4.79 Å². The molecular weight excluding hydrogens is 198 g/mol. The highest BCUT2D eigenvalue weighted by Crippen LogP contribution is 2.61. The molecule has 0 aromatic rings. The summed E-state index contributed by atoms with van der Waals surface area (Å²) in [4.78, 5) is 11.6. The van der Waals surface area contributed by atoms with E-state index in [9.17, 15) is 4.79 Å². The van der Waals surface area contributed by atoms with E-state index in [0.717, 1.165) is 24.7 Å². The van der Waals surface area contributed by atoms with Crippen molar-refractivity contribution in [2.45, 2.75) is 57.9 Å². The number of ketones is 1. The number of fused-ring (bicyclic) bond motifs is 3. The maximum Gasteiger partial charge on any atom is 0.132 e. The molecule has 0 aromatic heterocycles. The zero-order chi connectivity index (χ0) is 11.3. The molecular formula is C14H23NO. The number of carbonyl (C=O) groups is 1. The first-order valence-electron chi connectivity index (χ1n) is 6.89. The van der Waals surface area contributed by atoms with Crippen LogP contribution >= 0.6 is 0 Å². The zero-order valence-corrected chi connectivity index (χ0v) is 10.2. The molecule has 0 heterocycles. The third-order valence-electron chi connectivity index (χ3n) is 5.85. The highest BCUT2D eigenvalue weighted by Gasteiger charge is 2.57. The van der Waals surface area contributed by atoms with Gasteiger partial charge in [0.1, 0.15) is 5.78 Å². The van der Waals surface area contributed by atoms with E-state index in [1.54, 1.807) is 6.92 Å². The Morgan fingerprint density at radius 2 is 2.12 bits per heavy atom. The van der Waals surface area contributed by atoms with Crippen molar-refractivity contribution in [1.82, 2.24) is 0 Å². The third kappa shape index (κ3) is 1.32. The minimum absolute atomic E-state index is 0.319. The fourth-order valence-electron chi connectivity index (χ4n) is 4.97. The van der Waals surface area contributed by atoms with Crippen molar-refractivity contribution in [3.8, 4) is 0 Å². The average molecular weight is 221 g/mol. The van der Waals surface area contributed by atoms with Gasteiger partial charge >= 0.3 is 0 Å². The van der Waals surface area contributed by atoms with Gasteiger partial charge in [0.05, 0.1) is 0 Å². The first-order chi connectivity index (χ1) is 7.63. The Kier molecular flexibility index (Phi) is 2.39. The van der Waals surface area contributed by atoms with Crippen LogP contribution < -0.4 is 5.73 Å². The number of Topliss-reactive ketones (excluding diaryl/α,β-unsaturated/α-hetero) is 1. The second-order valence-electron chi connectivity index (χ2n) is 6.43. The van der Waals surface area contributed by atoms with Crippen LogP contribution in [0.3, 0.4) is 0 Å². The van der Waals surface area contributed by atoms with Crippen LogP contribution in [0.5, 0.6) is 0 Å².